The van der Waals surface area contributed by atoms with Crippen molar-refractivity contribution in [2.24, 2.45) is 0 Å². The number of esters is 1. The molecule has 1 fully saturated rings. The molecule has 1 heterocycles. The molecule has 0 aliphatic carbocycles. The van der Waals surface area contributed by atoms with Crippen LogP contribution < -0.4 is 10.6 Å². The number of benzene rings is 1. The third-order valence-corrected chi connectivity index (χ3v) is 4.06. The number of rotatable bonds is 2. The fourth-order valence-corrected chi connectivity index (χ4v) is 2.73. The van der Waals surface area contributed by atoms with Crippen molar-refractivity contribution in [3.63, 3.8) is 0 Å². The summed E-state index contributed by atoms with van der Waals surface area (Å²) in [5, 5.41) is 0. The molecule has 2 rings (SSSR count). The summed E-state index contributed by atoms with van der Waals surface area (Å²) in [5.74, 6) is -0.386. The van der Waals surface area contributed by atoms with Crippen molar-refractivity contribution in [3.05, 3.63) is 23.8 Å². The summed E-state index contributed by atoms with van der Waals surface area (Å²) in [6, 6.07) is 5.53. The van der Waals surface area contributed by atoms with Gasteiger partial charge in [-0.15, -0.1) is 0 Å². The van der Waals surface area contributed by atoms with E-state index in [4.69, 9.17) is 10.5 Å². The maximum Gasteiger partial charge on any atom is 0.340 e. The van der Waals surface area contributed by atoms with Crippen LogP contribution in [0.3, 0.4) is 0 Å². The van der Waals surface area contributed by atoms with E-state index in [1.165, 1.54) is 7.11 Å². The van der Waals surface area contributed by atoms with Crippen LogP contribution in [0.5, 0.6) is 0 Å². The summed E-state index contributed by atoms with van der Waals surface area (Å²) >= 11 is 0. The van der Waals surface area contributed by atoms with Crippen LogP contribution in [0.4, 0.5) is 11.4 Å². The van der Waals surface area contributed by atoms with Gasteiger partial charge in [-0.05, 0) is 32.9 Å². The van der Waals surface area contributed by atoms with Gasteiger partial charge in [0.25, 0.3) is 0 Å². The van der Waals surface area contributed by atoms with Crippen molar-refractivity contribution in [2.75, 3.05) is 43.9 Å². The first kappa shape index (κ1) is 15.6. The molecule has 0 amide bonds. The maximum atomic E-state index is 11.7. The zero-order chi connectivity index (χ0) is 15.6. The second kappa shape index (κ2) is 5.93. The third-order valence-electron chi connectivity index (χ3n) is 4.06. The number of ether oxygens (including phenoxy) is 1. The van der Waals surface area contributed by atoms with Gasteiger partial charge in [0.1, 0.15) is 0 Å². The fourth-order valence-electron chi connectivity index (χ4n) is 2.73. The Morgan fingerprint density at radius 3 is 2.33 bits per heavy atom. The minimum Gasteiger partial charge on any atom is -0.465 e. The standard InChI is InChI=1S/C16H25N3O2/c1-16(2,3)19-10-8-18(9-11-19)13-7-5-6-12(14(13)17)15(20)21-4/h5-7H,8-11,17H2,1-4H3. The number of nitrogens with two attached hydrogens (primary N) is 1. The Morgan fingerprint density at radius 1 is 1.19 bits per heavy atom. The molecule has 5 heteroatoms. The Balaban J connectivity index is 2.16. The molecule has 116 valence electrons. The summed E-state index contributed by atoms with van der Waals surface area (Å²) in [4.78, 5) is 16.4. The lowest BCUT2D eigenvalue weighted by Gasteiger charge is -2.43. The zero-order valence-electron chi connectivity index (χ0n) is 13.3. The van der Waals surface area contributed by atoms with E-state index in [-0.39, 0.29) is 11.5 Å². The molecule has 0 saturated carbocycles. The minimum atomic E-state index is -0.386. The summed E-state index contributed by atoms with van der Waals surface area (Å²) in [5.41, 5.74) is 8.21. The van der Waals surface area contributed by atoms with E-state index in [0.717, 1.165) is 31.9 Å². The van der Waals surface area contributed by atoms with Crippen LogP contribution in [0.1, 0.15) is 31.1 Å². The number of nitrogen functional groups attached to an aromatic ring is 1. The van der Waals surface area contributed by atoms with Gasteiger partial charge in [-0.2, -0.15) is 0 Å². The van der Waals surface area contributed by atoms with Gasteiger partial charge < -0.3 is 15.4 Å². The van der Waals surface area contributed by atoms with E-state index in [0.29, 0.717) is 11.3 Å². The molecule has 21 heavy (non-hydrogen) atoms. The van der Waals surface area contributed by atoms with E-state index >= 15 is 0 Å². The van der Waals surface area contributed by atoms with Gasteiger partial charge in [-0.1, -0.05) is 6.07 Å². The molecule has 0 unspecified atom stereocenters. The Hall–Kier alpha value is -1.75. The first-order chi connectivity index (χ1) is 9.84. The van der Waals surface area contributed by atoms with Crippen molar-refractivity contribution in [1.82, 2.24) is 4.90 Å². The molecule has 2 N–H and O–H groups in total. The molecular formula is C16H25N3O2. The molecule has 1 aliphatic heterocycles. The molecule has 1 aliphatic rings. The second-order valence-corrected chi connectivity index (χ2v) is 6.37. The topological polar surface area (TPSA) is 58.8 Å². The van der Waals surface area contributed by atoms with Crippen LogP contribution in [0.25, 0.3) is 0 Å². The number of piperazine rings is 1. The average Bonchev–Trinajstić information content (AvgIpc) is 2.46. The van der Waals surface area contributed by atoms with E-state index in [2.05, 4.69) is 30.6 Å². The molecule has 1 saturated heterocycles. The van der Waals surface area contributed by atoms with Crippen LogP contribution >= 0.6 is 0 Å². The molecule has 0 spiro atoms. The Kier molecular flexibility index (Phi) is 4.42. The van der Waals surface area contributed by atoms with E-state index in [1.54, 1.807) is 6.07 Å². The number of nitrogens with zero attached hydrogens (tertiary/aromatic N) is 2. The number of methoxy groups -OCH3 is 1. The maximum absolute atomic E-state index is 11.7. The molecular weight excluding hydrogens is 266 g/mol. The summed E-state index contributed by atoms with van der Waals surface area (Å²) < 4.78 is 4.78. The highest BCUT2D eigenvalue weighted by molar-refractivity contribution is 5.98. The highest BCUT2D eigenvalue weighted by Crippen LogP contribution is 2.29. The molecule has 0 radical (unpaired) electrons. The number of carbonyl (C=O) groups excluding carboxylic acids is 1. The van der Waals surface area contributed by atoms with E-state index < -0.39 is 0 Å². The van der Waals surface area contributed by atoms with Crippen molar-refractivity contribution in [2.45, 2.75) is 26.3 Å². The Labute approximate surface area is 126 Å². The SMILES string of the molecule is COC(=O)c1cccc(N2CCN(C(C)(C)C)CC2)c1N. The number of hydrogen-bond donors (Lipinski definition) is 1. The highest BCUT2D eigenvalue weighted by Gasteiger charge is 2.27. The van der Waals surface area contributed by atoms with Gasteiger partial charge in [0.2, 0.25) is 0 Å². The van der Waals surface area contributed by atoms with Crippen LogP contribution in [-0.2, 0) is 4.74 Å². The molecule has 1 aromatic rings. The number of carbonyl (C=O) groups is 1. The molecule has 0 aromatic heterocycles. The largest absolute Gasteiger partial charge is 0.465 e. The summed E-state index contributed by atoms with van der Waals surface area (Å²) in [6.07, 6.45) is 0. The lowest BCUT2D eigenvalue weighted by atomic mass is 10.0. The smallest absolute Gasteiger partial charge is 0.340 e. The van der Waals surface area contributed by atoms with Crippen LogP contribution in [0.15, 0.2) is 18.2 Å². The first-order valence-electron chi connectivity index (χ1n) is 7.31. The van der Waals surface area contributed by atoms with Crippen LogP contribution in [0.2, 0.25) is 0 Å². The third kappa shape index (κ3) is 3.29. The molecule has 0 atom stereocenters. The summed E-state index contributed by atoms with van der Waals surface area (Å²) in [7, 11) is 1.37. The van der Waals surface area contributed by atoms with Gasteiger partial charge in [-0.3, -0.25) is 4.90 Å². The van der Waals surface area contributed by atoms with Crippen LogP contribution in [-0.4, -0.2) is 49.7 Å². The lowest BCUT2D eigenvalue weighted by Crippen LogP contribution is -2.53. The molecule has 1 aromatic carbocycles. The van der Waals surface area contributed by atoms with Gasteiger partial charge in [0.05, 0.1) is 24.0 Å². The Morgan fingerprint density at radius 2 is 1.81 bits per heavy atom. The van der Waals surface area contributed by atoms with E-state index in [9.17, 15) is 4.79 Å². The Bertz CT molecular complexity index is 515. The van der Waals surface area contributed by atoms with Crippen LogP contribution in [0, 0.1) is 0 Å². The number of anilines is 2. The van der Waals surface area contributed by atoms with Gasteiger partial charge in [0, 0.05) is 31.7 Å². The highest BCUT2D eigenvalue weighted by atomic mass is 16.5. The fraction of sp³-hybridized carbons (Fsp3) is 0.562. The van der Waals surface area contributed by atoms with Crippen molar-refractivity contribution >= 4 is 17.3 Å². The van der Waals surface area contributed by atoms with Gasteiger partial charge in [-0.25, -0.2) is 4.79 Å². The van der Waals surface area contributed by atoms with Gasteiger partial charge >= 0.3 is 5.97 Å². The summed E-state index contributed by atoms with van der Waals surface area (Å²) in [6.45, 7) is 10.5. The zero-order valence-corrected chi connectivity index (χ0v) is 13.3. The predicted octanol–water partition coefficient (Wildman–Crippen LogP) is 1.98. The van der Waals surface area contributed by atoms with Crippen molar-refractivity contribution in [3.8, 4) is 0 Å². The first-order valence-corrected chi connectivity index (χ1v) is 7.31. The quantitative estimate of drug-likeness (QED) is 0.667. The van der Waals surface area contributed by atoms with Gasteiger partial charge in [0.15, 0.2) is 0 Å². The van der Waals surface area contributed by atoms with Crippen molar-refractivity contribution < 1.29 is 9.53 Å². The van der Waals surface area contributed by atoms with Crippen molar-refractivity contribution in [1.29, 1.82) is 0 Å². The molecule has 5 nitrogen and oxygen atoms in total. The average molecular weight is 291 g/mol. The predicted molar refractivity (Wildman–Crippen MR) is 85.7 cm³/mol. The molecule has 0 bridgehead atoms. The minimum absolute atomic E-state index is 0.186. The number of hydrogen-bond acceptors (Lipinski definition) is 5. The normalized spacial score (nSPS) is 16.9. The van der Waals surface area contributed by atoms with E-state index in [1.807, 2.05) is 12.1 Å². The second-order valence-electron chi connectivity index (χ2n) is 6.37. The monoisotopic (exact) mass is 291 g/mol. The lowest BCUT2D eigenvalue weighted by molar-refractivity contribution is 0.0602. The number of para-hydroxylation sites is 1.